The first-order valence-corrected chi connectivity index (χ1v) is 7.93. The predicted molar refractivity (Wildman–Crippen MR) is 86.0 cm³/mol. The van der Waals surface area contributed by atoms with Gasteiger partial charge in [-0.3, -0.25) is 0 Å². The van der Waals surface area contributed by atoms with Crippen molar-refractivity contribution in [2.24, 2.45) is 5.92 Å². The minimum absolute atomic E-state index is 0.645. The van der Waals surface area contributed by atoms with Crippen molar-refractivity contribution >= 4 is 5.69 Å². The molecule has 2 nitrogen and oxygen atoms in total. The van der Waals surface area contributed by atoms with Gasteiger partial charge in [-0.1, -0.05) is 36.4 Å². The number of ether oxygens (including phenoxy) is 1. The molecule has 1 N–H and O–H groups in total. The number of fused-ring (bicyclic) bond motifs is 2. The van der Waals surface area contributed by atoms with Gasteiger partial charge in [0.1, 0.15) is 5.75 Å². The highest BCUT2D eigenvalue weighted by Crippen LogP contribution is 2.39. The zero-order valence-corrected chi connectivity index (χ0v) is 12.2. The lowest BCUT2D eigenvalue weighted by Crippen LogP contribution is -2.26. The van der Waals surface area contributed by atoms with Gasteiger partial charge in [-0.05, 0) is 54.4 Å². The normalized spacial score (nSPS) is 23.4. The molecule has 0 radical (unpaired) electrons. The highest BCUT2D eigenvalue weighted by molar-refractivity contribution is 5.53. The molecule has 0 saturated heterocycles. The highest BCUT2D eigenvalue weighted by atomic mass is 16.5. The lowest BCUT2D eigenvalue weighted by Gasteiger charge is -2.32. The molecule has 2 aromatic carbocycles. The lowest BCUT2D eigenvalue weighted by molar-refractivity contribution is 0.252. The molecule has 2 aliphatic heterocycles. The summed E-state index contributed by atoms with van der Waals surface area (Å²) in [4.78, 5) is 0. The van der Waals surface area contributed by atoms with E-state index in [0.29, 0.717) is 5.92 Å². The number of benzene rings is 2. The van der Waals surface area contributed by atoms with Gasteiger partial charge in [0.2, 0.25) is 0 Å². The van der Waals surface area contributed by atoms with Crippen molar-refractivity contribution < 1.29 is 4.74 Å². The van der Waals surface area contributed by atoms with Crippen LogP contribution in [-0.2, 0) is 6.42 Å². The van der Waals surface area contributed by atoms with E-state index in [9.17, 15) is 0 Å². The minimum atomic E-state index is 0.645. The number of anilines is 1. The Morgan fingerprint density at radius 3 is 2.90 bits per heavy atom. The van der Waals surface area contributed by atoms with Crippen LogP contribution in [0.1, 0.15) is 29.9 Å². The van der Waals surface area contributed by atoms with Gasteiger partial charge in [-0.25, -0.2) is 0 Å². The van der Waals surface area contributed by atoms with Gasteiger partial charge in [0.25, 0.3) is 0 Å². The molecule has 0 spiro atoms. The second kappa shape index (κ2) is 5.44. The van der Waals surface area contributed by atoms with Crippen LogP contribution in [0.4, 0.5) is 5.69 Å². The summed E-state index contributed by atoms with van der Waals surface area (Å²) in [6.07, 6.45) is 3.60. The molecule has 0 aliphatic carbocycles. The minimum Gasteiger partial charge on any atom is -0.493 e. The van der Waals surface area contributed by atoms with Gasteiger partial charge in [0.05, 0.1) is 6.61 Å². The van der Waals surface area contributed by atoms with Crippen molar-refractivity contribution in [1.29, 1.82) is 0 Å². The third kappa shape index (κ3) is 2.51. The number of rotatable bonds is 2. The average Bonchev–Trinajstić information content (AvgIpc) is 2.55. The molecule has 2 unspecified atom stereocenters. The van der Waals surface area contributed by atoms with E-state index in [2.05, 4.69) is 53.8 Å². The van der Waals surface area contributed by atoms with Gasteiger partial charge in [-0.2, -0.15) is 0 Å². The second-order valence-electron chi connectivity index (χ2n) is 6.22. The maximum Gasteiger partial charge on any atom is 0.122 e. The summed E-state index contributed by atoms with van der Waals surface area (Å²) in [5.41, 5.74) is 4.19. The van der Waals surface area contributed by atoms with E-state index >= 15 is 0 Å². The summed E-state index contributed by atoms with van der Waals surface area (Å²) in [6, 6.07) is 17.3. The molecule has 0 amide bonds. The van der Waals surface area contributed by atoms with Crippen LogP contribution in [-0.4, -0.2) is 13.2 Å². The fourth-order valence-corrected chi connectivity index (χ4v) is 3.74. The number of para-hydroxylation sites is 2. The van der Waals surface area contributed by atoms with Crippen LogP contribution < -0.4 is 10.1 Å². The van der Waals surface area contributed by atoms with Crippen molar-refractivity contribution in [2.45, 2.75) is 25.2 Å². The fourth-order valence-electron chi connectivity index (χ4n) is 3.74. The molecule has 2 heterocycles. The summed E-state index contributed by atoms with van der Waals surface area (Å²) in [5.74, 6) is 2.46. The summed E-state index contributed by atoms with van der Waals surface area (Å²) >= 11 is 0. The van der Waals surface area contributed by atoms with E-state index in [1.807, 2.05) is 0 Å². The molecule has 0 aromatic heterocycles. The Kier molecular flexibility index (Phi) is 3.30. The van der Waals surface area contributed by atoms with Crippen molar-refractivity contribution in [3.8, 4) is 5.75 Å². The molecule has 4 rings (SSSR count). The number of hydrogen-bond donors (Lipinski definition) is 1. The van der Waals surface area contributed by atoms with Crippen LogP contribution in [0, 0.1) is 5.92 Å². The Hall–Kier alpha value is -1.96. The Balaban J connectivity index is 1.51. The third-order valence-corrected chi connectivity index (χ3v) is 4.81. The Morgan fingerprint density at radius 1 is 1.05 bits per heavy atom. The van der Waals surface area contributed by atoms with E-state index in [-0.39, 0.29) is 0 Å². The summed E-state index contributed by atoms with van der Waals surface area (Å²) in [7, 11) is 0. The zero-order chi connectivity index (χ0) is 14.1. The molecule has 0 bridgehead atoms. The van der Waals surface area contributed by atoms with Crippen molar-refractivity contribution in [3.05, 3.63) is 59.7 Å². The summed E-state index contributed by atoms with van der Waals surface area (Å²) in [6.45, 7) is 1.95. The average molecular weight is 279 g/mol. The topological polar surface area (TPSA) is 21.3 Å². The maximum absolute atomic E-state index is 5.78. The molecule has 2 atom stereocenters. The van der Waals surface area contributed by atoms with Crippen molar-refractivity contribution in [3.63, 3.8) is 0 Å². The standard InChI is InChI=1S/C19H21NO/c1-3-7-18-16(5-1)12-14(13-20-18)11-15-9-10-21-19-8-4-2-6-17(15)19/h1-8,14-15,20H,9-13H2. The van der Waals surface area contributed by atoms with Crippen LogP contribution in [0.3, 0.4) is 0 Å². The molecule has 2 heteroatoms. The smallest absolute Gasteiger partial charge is 0.122 e. The van der Waals surface area contributed by atoms with E-state index in [1.165, 1.54) is 29.7 Å². The first kappa shape index (κ1) is 12.8. The summed E-state index contributed by atoms with van der Waals surface area (Å²) in [5, 5.41) is 3.59. The molecule has 2 aromatic rings. The van der Waals surface area contributed by atoms with Crippen LogP contribution in [0.5, 0.6) is 5.75 Å². The molecule has 21 heavy (non-hydrogen) atoms. The van der Waals surface area contributed by atoms with Gasteiger partial charge >= 0.3 is 0 Å². The molecular formula is C19H21NO. The second-order valence-corrected chi connectivity index (χ2v) is 6.22. The van der Waals surface area contributed by atoms with E-state index in [0.717, 1.165) is 31.2 Å². The quantitative estimate of drug-likeness (QED) is 0.888. The lowest BCUT2D eigenvalue weighted by atomic mass is 9.81. The Labute approximate surface area is 126 Å². The third-order valence-electron chi connectivity index (χ3n) is 4.81. The van der Waals surface area contributed by atoms with Crippen molar-refractivity contribution in [2.75, 3.05) is 18.5 Å². The monoisotopic (exact) mass is 279 g/mol. The Morgan fingerprint density at radius 2 is 1.90 bits per heavy atom. The van der Waals surface area contributed by atoms with Crippen molar-refractivity contribution in [1.82, 2.24) is 0 Å². The van der Waals surface area contributed by atoms with Gasteiger partial charge in [-0.15, -0.1) is 0 Å². The van der Waals surface area contributed by atoms with Crippen LogP contribution in [0.15, 0.2) is 48.5 Å². The highest BCUT2D eigenvalue weighted by Gasteiger charge is 2.26. The fraction of sp³-hybridized carbons (Fsp3) is 0.368. The SMILES string of the molecule is c1ccc2c(c1)CC(CC1CCOc3ccccc31)CN2. The van der Waals surface area contributed by atoms with E-state index < -0.39 is 0 Å². The predicted octanol–water partition coefficient (Wildman–Crippen LogP) is 4.23. The molecule has 2 aliphatic rings. The van der Waals surface area contributed by atoms with Gasteiger partial charge in [0, 0.05) is 12.2 Å². The molecule has 108 valence electrons. The molecule has 0 fully saturated rings. The zero-order valence-electron chi connectivity index (χ0n) is 12.2. The maximum atomic E-state index is 5.78. The van der Waals surface area contributed by atoms with E-state index in [1.54, 1.807) is 0 Å². The molecule has 0 saturated carbocycles. The van der Waals surface area contributed by atoms with Crippen LogP contribution in [0.25, 0.3) is 0 Å². The largest absolute Gasteiger partial charge is 0.493 e. The van der Waals surface area contributed by atoms with Crippen LogP contribution in [0.2, 0.25) is 0 Å². The van der Waals surface area contributed by atoms with Gasteiger partial charge in [0.15, 0.2) is 0 Å². The molecular weight excluding hydrogens is 258 g/mol. The van der Waals surface area contributed by atoms with E-state index in [4.69, 9.17) is 4.74 Å². The first-order chi connectivity index (χ1) is 10.4. The number of nitrogens with one attached hydrogen (secondary N) is 1. The Bertz CT molecular complexity index is 637. The summed E-state index contributed by atoms with van der Waals surface area (Å²) < 4.78 is 5.78. The van der Waals surface area contributed by atoms with Crippen LogP contribution >= 0.6 is 0 Å². The first-order valence-electron chi connectivity index (χ1n) is 7.93. The van der Waals surface area contributed by atoms with Gasteiger partial charge < -0.3 is 10.1 Å². The number of hydrogen-bond acceptors (Lipinski definition) is 2.